The zero-order chi connectivity index (χ0) is 20.8. The molecule has 0 N–H and O–H groups in total. The molecule has 0 saturated heterocycles. The molecule has 150 valence electrons. The second kappa shape index (κ2) is 10.0. The Morgan fingerprint density at radius 2 is 1.21 bits per heavy atom. The van der Waals surface area contributed by atoms with Gasteiger partial charge < -0.3 is 0 Å². The summed E-state index contributed by atoms with van der Waals surface area (Å²) >= 11 is 5.71. The maximum atomic E-state index is 12.1. The van der Waals surface area contributed by atoms with E-state index in [2.05, 4.69) is 18.2 Å². The molecule has 2 bridgehead atoms. The maximum absolute atomic E-state index is 12.1. The number of halogens is 1. The Morgan fingerprint density at radius 3 is 1.61 bits per heavy atom. The second-order valence-corrected chi connectivity index (χ2v) is 6.97. The number of benzene rings is 2. The third-order valence-electron chi connectivity index (χ3n) is 5.51. The van der Waals surface area contributed by atoms with Crippen LogP contribution in [0, 0.1) is 0 Å². The monoisotopic (exact) mass is 398 g/mol. The molecule has 2 atom stereocenters. The average molecular weight is 399 g/mol. The Hall–Kier alpha value is -1.93. The van der Waals surface area contributed by atoms with E-state index in [0.717, 1.165) is 18.4 Å². The summed E-state index contributed by atoms with van der Waals surface area (Å²) in [5.41, 5.74) is 6.72. The van der Waals surface area contributed by atoms with Gasteiger partial charge in [-0.1, -0.05) is 58.9 Å². The van der Waals surface area contributed by atoms with Crippen LogP contribution in [0.4, 0.5) is 0 Å². The molecule has 0 aliphatic heterocycles. The third-order valence-corrected chi connectivity index (χ3v) is 5.75. The smallest absolute Gasteiger partial charge is 0.177 e. The number of carbonyl (C=O) groups is 2. The summed E-state index contributed by atoms with van der Waals surface area (Å²) in [4.78, 5) is 24.0. The molecule has 0 spiro atoms. The van der Waals surface area contributed by atoms with E-state index >= 15 is 0 Å². The summed E-state index contributed by atoms with van der Waals surface area (Å²) in [6.07, 6.45) is 2.74. The largest absolute Gasteiger partial charge is 0.294 e. The van der Waals surface area contributed by atoms with Crippen molar-refractivity contribution in [1.82, 2.24) is 0 Å². The van der Waals surface area contributed by atoms with Crippen molar-refractivity contribution in [2.75, 3.05) is 5.88 Å². The lowest BCUT2D eigenvalue weighted by Gasteiger charge is -2.40. The first-order valence-corrected chi connectivity index (χ1v) is 11.1. The number of rotatable bonds is 4. The van der Waals surface area contributed by atoms with Crippen molar-refractivity contribution in [3.05, 3.63) is 69.8 Å². The van der Waals surface area contributed by atoms with Crippen molar-refractivity contribution in [3.63, 3.8) is 0 Å². The van der Waals surface area contributed by atoms with Crippen molar-refractivity contribution in [3.8, 4) is 0 Å². The number of fused-ring (bicyclic) bond motifs is 1. The van der Waals surface area contributed by atoms with E-state index in [-0.39, 0.29) is 17.4 Å². The Labute approximate surface area is 174 Å². The molecule has 3 aliphatic rings. The van der Waals surface area contributed by atoms with Crippen LogP contribution in [0.1, 0.15) is 109 Å². The molecule has 28 heavy (non-hydrogen) atoms. The van der Waals surface area contributed by atoms with E-state index in [1.165, 1.54) is 22.3 Å². The Morgan fingerprint density at radius 1 is 0.786 bits per heavy atom. The highest BCUT2D eigenvalue weighted by Gasteiger charge is 2.37. The van der Waals surface area contributed by atoms with Crippen LogP contribution in [0.15, 0.2) is 36.4 Å². The summed E-state index contributed by atoms with van der Waals surface area (Å²) in [7, 11) is 0. The Kier molecular flexibility index (Phi) is 8.00. The van der Waals surface area contributed by atoms with Crippen molar-refractivity contribution >= 4 is 23.2 Å². The van der Waals surface area contributed by atoms with Crippen LogP contribution in [0.25, 0.3) is 0 Å². The van der Waals surface area contributed by atoms with Crippen LogP contribution >= 0.6 is 11.6 Å². The van der Waals surface area contributed by atoms with Gasteiger partial charge in [0.15, 0.2) is 11.6 Å². The highest BCUT2D eigenvalue weighted by atomic mass is 35.5. The minimum atomic E-state index is -0.0231. The van der Waals surface area contributed by atoms with E-state index in [1.807, 2.05) is 52.8 Å². The summed E-state index contributed by atoms with van der Waals surface area (Å²) in [5.74, 6) is 0.859. The Bertz CT molecular complexity index is 782. The molecule has 2 unspecified atom stereocenters. The Balaban J connectivity index is 0.000000660. The number of ketones is 2. The molecular weight excluding hydrogens is 368 g/mol. The molecular formula is C25H31ClO2. The first-order valence-electron chi connectivity index (χ1n) is 10.5. The van der Waals surface area contributed by atoms with Crippen molar-refractivity contribution in [2.24, 2.45) is 0 Å². The number of alkyl halides is 1. The van der Waals surface area contributed by atoms with E-state index in [1.54, 1.807) is 0 Å². The lowest BCUT2D eigenvalue weighted by Crippen LogP contribution is -2.25. The summed E-state index contributed by atoms with van der Waals surface area (Å²) in [6.45, 7) is 9.90. The fourth-order valence-electron chi connectivity index (χ4n) is 4.31. The van der Waals surface area contributed by atoms with Crippen LogP contribution in [-0.4, -0.2) is 17.4 Å². The van der Waals surface area contributed by atoms with Crippen molar-refractivity contribution in [1.29, 1.82) is 0 Å². The third kappa shape index (κ3) is 3.93. The maximum Gasteiger partial charge on any atom is 0.177 e. The van der Waals surface area contributed by atoms with Crippen molar-refractivity contribution < 1.29 is 9.59 Å². The van der Waals surface area contributed by atoms with Gasteiger partial charge in [-0.2, -0.15) is 0 Å². The topological polar surface area (TPSA) is 34.1 Å². The highest BCUT2D eigenvalue weighted by Crippen LogP contribution is 2.53. The molecule has 0 saturated carbocycles. The van der Waals surface area contributed by atoms with E-state index in [0.29, 0.717) is 23.8 Å². The van der Waals surface area contributed by atoms with Crippen LogP contribution in [0.3, 0.4) is 0 Å². The second-order valence-electron chi connectivity index (χ2n) is 6.70. The molecule has 0 amide bonds. The summed E-state index contributed by atoms with van der Waals surface area (Å²) < 4.78 is 0. The van der Waals surface area contributed by atoms with Gasteiger partial charge in [0.2, 0.25) is 0 Å². The molecule has 5 rings (SSSR count). The van der Waals surface area contributed by atoms with Crippen LogP contribution < -0.4 is 0 Å². The first-order chi connectivity index (χ1) is 13.6. The lowest BCUT2D eigenvalue weighted by molar-refractivity contribution is 0.0986. The summed E-state index contributed by atoms with van der Waals surface area (Å²) in [5, 5.41) is 0. The number of hydrogen-bond acceptors (Lipinski definition) is 2. The molecule has 0 radical (unpaired) electrons. The van der Waals surface area contributed by atoms with Crippen LogP contribution in [0.5, 0.6) is 0 Å². The van der Waals surface area contributed by atoms with E-state index < -0.39 is 0 Å². The van der Waals surface area contributed by atoms with E-state index in [9.17, 15) is 9.59 Å². The van der Waals surface area contributed by atoms with Crippen molar-refractivity contribution in [2.45, 2.75) is 65.7 Å². The van der Waals surface area contributed by atoms with Gasteiger partial charge in [-0.05, 0) is 47.2 Å². The predicted octanol–water partition coefficient (Wildman–Crippen LogP) is 7.12. The molecule has 2 aromatic rings. The zero-order valence-electron chi connectivity index (χ0n) is 17.6. The molecule has 3 aliphatic carbocycles. The van der Waals surface area contributed by atoms with Gasteiger partial charge >= 0.3 is 0 Å². The minimum Gasteiger partial charge on any atom is -0.294 e. The van der Waals surface area contributed by atoms with E-state index in [4.69, 9.17) is 11.6 Å². The van der Waals surface area contributed by atoms with Gasteiger partial charge in [0, 0.05) is 29.4 Å². The van der Waals surface area contributed by atoms with Gasteiger partial charge in [0.25, 0.3) is 0 Å². The highest BCUT2D eigenvalue weighted by molar-refractivity contribution is 6.30. The first kappa shape index (κ1) is 22.4. The SMILES string of the molecule is CC.CC.CCC(=O)c1ccc2c(c1)C1CCC2c2cc(C(=O)CCl)ccc21. The minimum absolute atomic E-state index is 0.0198. The lowest BCUT2D eigenvalue weighted by atomic mass is 9.63. The average Bonchev–Trinajstić information content (AvgIpc) is 2.80. The van der Waals surface area contributed by atoms with Gasteiger partial charge in [-0.15, -0.1) is 11.6 Å². The molecule has 0 fully saturated rings. The molecule has 0 heterocycles. The fourth-order valence-corrected chi connectivity index (χ4v) is 4.46. The number of hydrogen-bond donors (Lipinski definition) is 0. The molecule has 2 aromatic carbocycles. The fraction of sp³-hybridized carbons (Fsp3) is 0.440. The van der Waals surface area contributed by atoms with Gasteiger partial charge in [0.05, 0.1) is 5.88 Å². The predicted molar refractivity (Wildman–Crippen MR) is 118 cm³/mol. The van der Waals surface area contributed by atoms with Crippen LogP contribution in [0.2, 0.25) is 0 Å². The quantitative estimate of drug-likeness (QED) is 0.405. The zero-order valence-corrected chi connectivity index (χ0v) is 18.4. The standard InChI is InChI=1S/C21H19ClO2.2C2H6/c1-2-20(23)12-3-5-14-17-8-7-16(18(14)9-12)15-6-4-13(10-19(15)17)21(24)11-22;2*1-2/h3-6,9-10,16-17H,2,7-8,11H2,1H3;2*1-2H3. The number of carbonyl (C=O) groups excluding carboxylic acids is 2. The van der Waals surface area contributed by atoms with Gasteiger partial charge in [-0.3, -0.25) is 9.59 Å². The molecule has 0 aromatic heterocycles. The molecule has 2 nitrogen and oxygen atoms in total. The molecule has 3 heteroatoms. The van der Waals surface area contributed by atoms with Crippen LogP contribution in [-0.2, 0) is 0 Å². The normalized spacial score (nSPS) is 17.9. The summed E-state index contributed by atoms with van der Waals surface area (Å²) in [6, 6.07) is 12.2. The number of Topliss-reactive ketones (excluding diaryl/α,β-unsaturated/α-hetero) is 2. The van der Waals surface area contributed by atoms with Gasteiger partial charge in [-0.25, -0.2) is 0 Å². The van der Waals surface area contributed by atoms with Gasteiger partial charge in [0.1, 0.15) is 0 Å².